The Morgan fingerprint density at radius 1 is 0.297 bits per heavy atom. The molecule has 0 fully saturated rings. The summed E-state index contributed by atoms with van der Waals surface area (Å²) in [5.74, 6) is 0. The summed E-state index contributed by atoms with van der Waals surface area (Å²) in [5, 5.41) is 2.46. The lowest BCUT2D eigenvalue weighted by molar-refractivity contribution is 0.567. The van der Waals surface area contributed by atoms with E-state index in [0.717, 1.165) is 5.69 Å². The molecule has 13 rings (SSSR count). The van der Waals surface area contributed by atoms with Gasteiger partial charge in [0, 0.05) is 50.1 Å². The zero-order valence-electron chi connectivity index (χ0n) is 44.4. The number of aryl methyl sites for hydroxylation is 4. The van der Waals surface area contributed by atoms with Crippen molar-refractivity contribution in [2.24, 2.45) is 0 Å². The van der Waals surface area contributed by atoms with Gasteiger partial charge in [-0.05, 0) is 178 Å². The molecule has 0 unspecified atom stereocenters. The van der Waals surface area contributed by atoms with Crippen molar-refractivity contribution in [3.63, 3.8) is 0 Å². The molecule has 10 aromatic carbocycles. The van der Waals surface area contributed by atoms with Crippen molar-refractivity contribution >= 4 is 62.0 Å². The Morgan fingerprint density at radius 2 is 0.676 bits per heavy atom. The van der Waals surface area contributed by atoms with Crippen molar-refractivity contribution in [1.29, 1.82) is 0 Å². The molecule has 0 amide bonds. The van der Waals surface area contributed by atoms with Crippen molar-refractivity contribution in [1.82, 2.24) is 0 Å². The normalized spacial score (nSPS) is 14.9. The number of hydrogen-bond donors (Lipinski definition) is 0. The SMILES string of the molecule is Cc1ccccc1N(c1ccc(-c2cc3c4c(c2)C(C)(C)c2cc(-c5ccc(N(c6ccccc6C)c6ccccc6C)c6ccccc56)cc5c2N4c2c(cccc2C5(C)C)C3(C)C)cc1)c1ccccc1C. The topological polar surface area (TPSA) is 9.72 Å². The minimum Gasteiger partial charge on any atom is -0.310 e. The van der Waals surface area contributed by atoms with Gasteiger partial charge >= 0.3 is 0 Å². The summed E-state index contributed by atoms with van der Waals surface area (Å²) in [5.41, 5.74) is 28.4. The molecule has 0 aromatic heterocycles. The number of nitrogens with zero attached hydrogens (tertiary/aromatic N) is 3. The van der Waals surface area contributed by atoms with E-state index in [1.165, 1.54) is 134 Å². The molecule has 3 aliphatic rings. The van der Waals surface area contributed by atoms with Crippen LogP contribution in [0.5, 0.6) is 0 Å². The van der Waals surface area contributed by atoms with Gasteiger partial charge in [0.15, 0.2) is 0 Å². The summed E-state index contributed by atoms with van der Waals surface area (Å²) in [6.07, 6.45) is 0. The number of fused-ring (bicyclic) bond motifs is 1. The van der Waals surface area contributed by atoms with Gasteiger partial charge in [-0.3, -0.25) is 0 Å². The summed E-state index contributed by atoms with van der Waals surface area (Å²) >= 11 is 0. The Hall–Kier alpha value is -8.14. The smallest absolute Gasteiger partial charge is 0.0544 e. The van der Waals surface area contributed by atoms with Gasteiger partial charge in [0.25, 0.3) is 0 Å². The molecule has 0 bridgehead atoms. The largest absolute Gasteiger partial charge is 0.310 e. The van der Waals surface area contributed by atoms with Gasteiger partial charge in [-0.25, -0.2) is 0 Å². The summed E-state index contributed by atoms with van der Waals surface area (Å²) in [4.78, 5) is 7.58. The Bertz CT molecular complexity index is 3850. The molecule has 74 heavy (non-hydrogen) atoms. The van der Waals surface area contributed by atoms with Crippen LogP contribution in [0, 0.1) is 27.7 Å². The van der Waals surface area contributed by atoms with Crippen LogP contribution in [0.2, 0.25) is 0 Å². The molecular formula is C71H63N3. The third-order valence-electron chi connectivity index (χ3n) is 17.3. The zero-order chi connectivity index (χ0) is 51.0. The first-order valence-electron chi connectivity index (χ1n) is 26.4. The average molecular weight is 958 g/mol. The lowest BCUT2D eigenvalue weighted by Gasteiger charge is -2.55. The number of hydrogen-bond acceptors (Lipinski definition) is 3. The maximum absolute atomic E-state index is 2.70. The molecule has 0 spiro atoms. The van der Waals surface area contributed by atoms with Crippen LogP contribution in [0.4, 0.5) is 51.2 Å². The van der Waals surface area contributed by atoms with E-state index < -0.39 is 0 Å². The first-order chi connectivity index (χ1) is 35.7. The van der Waals surface area contributed by atoms with Gasteiger partial charge < -0.3 is 14.7 Å². The number of benzene rings is 10. The van der Waals surface area contributed by atoms with Crippen molar-refractivity contribution in [3.8, 4) is 22.3 Å². The van der Waals surface area contributed by atoms with Gasteiger partial charge in [-0.15, -0.1) is 0 Å². The Kier molecular flexibility index (Phi) is 10.2. The first-order valence-corrected chi connectivity index (χ1v) is 26.4. The summed E-state index contributed by atoms with van der Waals surface area (Å²) < 4.78 is 0. The number of anilines is 9. The van der Waals surface area contributed by atoms with Crippen LogP contribution >= 0.6 is 0 Å². The molecule has 0 aliphatic carbocycles. The fourth-order valence-electron chi connectivity index (χ4n) is 13.1. The standard InChI is InChI=1S/C71H63N3/c1-44-22-11-17-30-61(44)72(62-31-18-12-23-45(62)2)51-36-34-48(35-37-51)49-40-57-67-58(41-49)71(9,10)60-43-50(42-59-68(60)74(67)66-55(69(57,5)6)28-21-29-56(66)70(59,7)8)52-38-39-65(54-27-16-15-26-53(52)54)73(63-32-19-13-24-46(63)3)64-33-20-14-25-47(64)4/h11-43H,1-10H3. The molecule has 3 heteroatoms. The average Bonchev–Trinajstić information content (AvgIpc) is 3.45. The molecule has 362 valence electrons. The van der Waals surface area contributed by atoms with E-state index in [9.17, 15) is 0 Å². The van der Waals surface area contributed by atoms with Crippen LogP contribution in [0.15, 0.2) is 200 Å². The van der Waals surface area contributed by atoms with Crippen LogP contribution in [0.3, 0.4) is 0 Å². The van der Waals surface area contributed by atoms with Gasteiger partial charge in [0.2, 0.25) is 0 Å². The first kappa shape index (κ1) is 45.7. The fraction of sp³-hybridized carbons (Fsp3) is 0.183. The van der Waals surface area contributed by atoms with Crippen LogP contribution in [-0.2, 0) is 16.2 Å². The van der Waals surface area contributed by atoms with Gasteiger partial charge in [0.05, 0.1) is 22.7 Å². The highest BCUT2D eigenvalue weighted by molar-refractivity contribution is 6.08. The lowest BCUT2D eigenvalue weighted by atomic mass is 9.60. The molecule has 0 atom stereocenters. The molecular weight excluding hydrogens is 895 g/mol. The van der Waals surface area contributed by atoms with Crippen molar-refractivity contribution in [2.75, 3.05) is 14.7 Å². The third-order valence-corrected chi connectivity index (χ3v) is 17.3. The Balaban J connectivity index is 1.01. The molecule has 3 nitrogen and oxygen atoms in total. The van der Waals surface area contributed by atoms with Gasteiger partial charge in [-0.2, -0.15) is 0 Å². The number of para-hydroxylation sites is 5. The van der Waals surface area contributed by atoms with Crippen LogP contribution in [-0.4, -0.2) is 0 Å². The minimum absolute atomic E-state index is 0.249. The summed E-state index contributed by atoms with van der Waals surface area (Å²) in [6, 6.07) is 75.3. The second-order valence-electron chi connectivity index (χ2n) is 22.8. The van der Waals surface area contributed by atoms with E-state index >= 15 is 0 Å². The fourth-order valence-corrected chi connectivity index (χ4v) is 13.1. The van der Waals surface area contributed by atoms with Crippen LogP contribution < -0.4 is 14.7 Å². The van der Waals surface area contributed by atoms with E-state index in [4.69, 9.17) is 0 Å². The highest BCUT2D eigenvalue weighted by atomic mass is 15.2. The molecule has 0 saturated carbocycles. The van der Waals surface area contributed by atoms with E-state index in [1.54, 1.807) is 0 Å². The molecule has 10 aromatic rings. The molecule has 0 radical (unpaired) electrons. The van der Waals surface area contributed by atoms with Crippen molar-refractivity contribution in [3.05, 3.63) is 256 Å². The molecule has 0 N–H and O–H groups in total. The lowest BCUT2D eigenvalue weighted by Crippen LogP contribution is -2.43. The predicted molar refractivity (Wildman–Crippen MR) is 314 cm³/mol. The second kappa shape index (κ2) is 16.4. The third kappa shape index (κ3) is 6.58. The van der Waals surface area contributed by atoms with E-state index in [0.29, 0.717) is 0 Å². The van der Waals surface area contributed by atoms with Crippen LogP contribution in [0.25, 0.3) is 33.0 Å². The van der Waals surface area contributed by atoms with Crippen molar-refractivity contribution < 1.29 is 0 Å². The summed E-state index contributed by atoms with van der Waals surface area (Å²) in [7, 11) is 0. The highest BCUT2D eigenvalue weighted by Gasteiger charge is 2.52. The zero-order valence-corrected chi connectivity index (χ0v) is 44.4. The minimum atomic E-state index is -0.346. The maximum atomic E-state index is 2.70. The Morgan fingerprint density at radius 3 is 1.14 bits per heavy atom. The molecule has 3 heterocycles. The molecule has 0 saturated heterocycles. The van der Waals surface area contributed by atoms with Crippen molar-refractivity contribution in [2.45, 2.75) is 85.5 Å². The monoisotopic (exact) mass is 958 g/mol. The quantitative estimate of drug-likeness (QED) is 0.150. The highest BCUT2D eigenvalue weighted by Crippen LogP contribution is 2.67. The van der Waals surface area contributed by atoms with Gasteiger partial charge in [-0.1, -0.05) is 175 Å². The number of rotatable bonds is 8. The Labute approximate surface area is 438 Å². The van der Waals surface area contributed by atoms with Crippen LogP contribution in [0.1, 0.15) is 97.2 Å². The molecule has 3 aliphatic heterocycles. The predicted octanol–water partition coefficient (Wildman–Crippen LogP) is 19.7. The van der Waals surface area contributed by atoms with E-state index in [-0.39, 0.29) is 16.2 Å². The maximum Gasteiger partial charge on any atom is 0.0544 e. The van der Waals surface area contributed by atoms with E-state index in [2.05, 4.69) is 284 Å². The second-order valence-corrected chi connectivity index (χ2v) is 22.8. The van der Waals surface area contributed by atoms with E-state index in [1.807, 2.05) is 0 Å². The van der Waals surface area contributed by atoms with Gasteiger partial charge in [0.1, 0.15) is 0 Å². The summed E-state index contributed by atoms with van der Waals surface area (Å²) in [6.45, 7) is 23.6.